The molecule has 0 radical (unpaired) electrons. The zero-order valence-corrected chi connectivity index (χ0v) is 11.3. The molecule has 3 nitrogen and oxygen atoms in total. The molecule has 0 N–H and O–H groups in total. The quantitative estimate of drug-likeness (QED) is 0.797. The van der Waals surface area contributed by atoms with E-state index in [-0.39, 0.29) is 18.5 Å². The number of thiophene rings is 1. The summed E-state index contributed by atoms with van der Waals surface area (Å²) in [4.78, 5) is 17.0. The summed E-state index contributed by atoms with van der Waals surface area (Å²) in [6, 6.07) is 4.02. The second-order valence-electron chi connectivity index (χ2n) is 3.84. The lowest BCUT2D eigenvalue weighted by Crippen LogP contribution is -2.13. The van der Waals surface area contributed by atoms with E-state index in [9.17, 15) is 4.79 Å². The molecule has 0 saturated carbocycles. The van der Waals surface area contributed by atoms with Gasteiger partial charge in [0.15, 0.2) is 0 Å². The van der Waals surface area contributed by atoms with Gasteiger partial charge in [0.25, 0.3) is 0 Å². The highest BCUT2D eigenvalue weighted by Gasteiger charge is 2.11. The van der Waals surface area contributed by atoms with E-state index in [1.165, 1.54) is 0 Å². The van der Waals surface area contributed by atoms with Gasteiger partial charge in [0.1, 0.15) is 5.01 Å². The fourth-order valence-corrected chi connectivity index (χ4v) is 2.99. The van der Waals surface area contributed by atoms with Gasteiger partial charge in [-0.3, -0.25) is 4.79 Å². The molecule has 5 heteroatoms. The second kappa shape index (κ2) is 5.42. The third-order valence-electron chi connectivity index (χ3n) is 1.98. The largest absolute Gasteiger partial charge is 0.463 e. The number of hydrogen-bond acceptors (Lipinski definition) is 5. The molecule has 0 atom stereocenters. The van der Waals surface area contributed by atoms with Crippen LogP contribution < -0.4 is 0 Å². The van der Waals surface area contributed by atoms with Crippen molar-refractivity contribution < 1.29 is 9.53 Å². The molecular formula is C12H13NO2S2. The van der Waals surface area contributed by atoms with Crippen molar-refractivity contribution >= 4 is 28.6 Å². The molecule has 17 heavy (non-hydrogen) atoms. The van der Waals surface area contributed by atoms with Crippen LogP contribution in [0.3, 0.4) is 0 Å². The van der Waals surface area contributed by atoms with E-state index in [1.54, 1.807) is 22.7 Å². The molecule has 0 aliphatic heterocycles. The number of carbonyl (C=O) groups is 1. The summed E-state index contributed by atoms with van der Waals surface area (Å²) in [7, 11) is 0. The van der Waals surface area contributed by atoms with Crippen molar-refractivity contribution in [3.05, 3.63) is 28.6 Å². The van der Waals surface area contributed by atoms with Crippen LogP contribution in [0.25, 0.3) is 9.88 Å². The van der Waals surface area contributed by atoms with Crippen LogP contribution in [-0.4, -0.2) is 17.1 Å². The Hall–Kier alpha value is -1.20. The number of thiazole rings is 1. The van der Waals surface area contributed by atoms with E-state index >= 15 is 0 Å². The van der Waals surface area contributed by atoms with Crippen molar-refractivity contribution in [1.29, 1.82) is 0 Å². The highest BCUT2D eigenvalue weighted by atomic mass is 32.1. The van der Waals surface area contributed by atoms with Crippen LogP contribution in [0.4, 0.5) is 0 Å². The maximum absolute atomic E-state index is 11.5. The molecule has 90 valence electrons. The summed E-state index contributed by atoms with van der Waals surface area (Å²) < 4.78 is 5.08. The Morgan fingerprint density at radius 3 is 2.94 bits per heavy atom. The fraction of sp³-hybridized carbons (Fsp3) is 0.333. The highest BCUT2D eigenvalue weighted by molar-refractivity contribution is 7.20. The summed E-state index contributed by atoms with van der Waals surface area (Å²) in [6.45, 7) is 3.69. The van der Waals surface area contributed by atoms with Gasteiger partial charge in [-0.1, -0.05) is 6.07 Å². The van der Waals surface area contributed by atoms with E-state index in [0.717, 1.165) is 15.6 Å². The number of hydrogen-bond donors (Lipinski definition) is 0. The zero-order chi connectivity index (χ0) is 12.3. The average Bonchev–Trinajstić information content (AvgIpc) is 2.84. The highest BCUT2D eigenvalue weighted by Crippen LogP contribution is 2.27. The molecule has 0 unspecified atom stereocenters. The molecule has 0 spiro atoms. The topological polar surface area (TPSA) is 39.2 Å². The average molecular weight is 267 g/mol. The van der Waals surface area contributed by atoms with Crippen molar-refractivity contribution in [2.75, 3.05) is 0 Å². The Bertz CT molecular complexity index is 488. The molecule has 0 saturated heterocycles. The predicted octanol–water partition coefficient (Wildman–Crippen LogP) is 3.37. The first-order valence-electron chi connectivity index (χ1n) is 5.33. The van der Waals surface area contributed by atoms with Gasteiger partial charge >= 0.3 is 5.97 Å². The third-order valence-corrected chi connectivity index (χ3v) is 3.91. The van der Waals surface area contributed by atoms with Crippen LogP contribution in [0, 0.1) is 0 Å². The summed E-state index contributed by atoms with van der Waals surface area (Å²) in [5.74, 6) is -0.219. The number of ether oxygens (including phenoxy) is 1. The van der Waals surface area contributed by atoms with Crippen molar-refractivity contribution in [1.82, 2.24) is 4.98 Å². The number of rotatable bonds is 4. The van der Waals surface area contributed by atoms with Crippen LogP contribution in [0.5, 0.6) is 0 Å². The Labute approximate surface area is 108 Å². The van der Waals surface area contributed by atoms with E-state index in [1.807, 2.05) is 36.7 Å². The summed E-state index contributed by atoms with van der Waals surface area (Å²) in [5, 5.41) is 4.90. The SMILES string of the molecule is CC(C)OC(=O)Cc1csc(-c2cccs2)n1. The monoisotopic (exact) mass is 267 g/mol. The van der Waals surface area contributed by atoms with Gasteiger partial charge in [-0.25, -0.2) is 4.98 Å². The first kappa shape index (κ1) is 12.3. The van der Waals surface area contributed by atoms with Gasteiger partial charge in [-0.15, -0.1) is 22.7 Å². The fourth-order valence-electron chi connectivity index (χ4n) is 1.35. The number of esters is 1. The lowest BCUT2D eigenvalue weighted by Gasteiger charge is -2.05. The predicted molar refractivity (Wildman–Crippen MR) is 70.4 cm³/mol. The molecule has 0 fully saturated rings. The molecule has 0 aromatic carbocycles. The maximum atomic E-state index is 11.5. The summed E-state index contributed by atoms with van der Waals surface area (Å²) >= 11 is 3.21. The first-order valence-corrected chi connectivity index (χ1v) is 7.09. The van der Waals surface area contributed by atoms with Gasteiger partial charge in [0.2, 0.25) is 0 Å². The van der Waals surface area contributed by atoms with Gasteiger partial charge < -0.3 is 4.74 Å². The lowest BCUT2D eigenvalue weighted by atomic mass is 10.3. The van der Waals surface area contributed by atoms with Gasteiger partial charge in [0, 0.05) is 5.38 Å². The lowest BCUT2D eigenvalue weighted by molar-refractivity contribution is -0.146. The first-order chi connectivity index (χ1) is 8.15. The maximum Gasteiger partial charge on any atom is 0.312 e. The Kier molecular flexibility index (Phi) is 3.91. The van der Waals surface area contributed by atoms with E-state index in [0.29, 0.717) is 0 Å². The van der Waals surface area contributed by atoms with Gasteiger partial charge in [0.05, 0.1) is 23.1 Å². The molecule has 2 heterocycles. The van der Waals surface area contributed by atoms with Crippen LogP contribution in [0.2, 0.25) is 0 Å². The molecule has 2 aromatic heterocycles. The molecule has 2 rings (SSSR count). The minimum atomic E-state index is -0.219. The van der Waals surface area contributed by atoms with Crippen LogP contribution in [0.1, 0.15) is 19.5 Å². The molecule has 0 aliphatic carbocycles. The Morgan fingerprint density at radius 1 is 1.47 bits per heavy atom. The minimum absolute atomic E-state index is 0.0714. The van der Waals surface area contributed by atoms with Crippen molar-refractivity contribution in [3.8, 4) is 9.88 Å². The summed E-state index contributed by atoms with van der Waals surface area (Å²) in [6.07, 6.45) is 0.179. The zero-order valence-electron chi connectivity index (χ0n) is 9.67. The van der Waals surface area contributed by atoms with Crippen LogP contribution in [-0.2, 0) is 16.0 Å². The van der Waals surface area contributed by atoms with Crippen LogP contribution in [0.15, 0.2) is 22.9 Å². The number of nitrogens with zero attached hydrogens (tertiary/aromatic N) is 1. The number of carbonyl (C=O) groups excluding carboxylic acids is 1. The second-order valence-corrected chi connectivity index (χ2v) is 5.64. The Morgan fingerprint density at radius 2 is 2.29 bits per heavy atom. The van der Waals surface area contributed by atoms with Crippen molar-refractivity contribution in [3.63, 3.8) is 0 Å². The molecule has 0 bridgehead atoms. The molecule has 0 aliphatic rings. The van der Waals surface area contributed by atoms with Gasteiger partial charge in [-0.05, 0) is 25.3 Å². The van der Waals surface area contributed by atoms with Crippen LogP contribution >= 0.6 is 22.7 Å². The summed E-state index contributed by atoms with van der Waals surface area (Å²) in [5.41, 5.74) is 0.782. The molecule has 0 amide bonds. The van der Waals surface area contributed by atoms with Crippen molar-refractivity contribution in [2.45, 2.75) is 26.4 Å². The van der Waals surface area contributed by atoms with E-state index < -0.39 is 0 Å². The normalized spacial score (nSPS) is 10.8. The smallest absolute Gasteiger partial charge is 0.312 e. The minimum Gasteiger partial charge on any atom is -0.463 e. The number of aromatic nitrogens is 1. The standard InChI is InChI=1S/C12H13NO2S2/c1-8(2)15-11(14)6-9-7-17-12(13-9)10-4-3-5-16-10/h3-5,7-8H,6H2,1-2H3. The van der Waals surface area contributed by atoms with Crippen molar-refractivity contribution in [2.24, 2.45) is 0 Å². The van der Waals surface area contributed by atoms with E-state index in [4.69, 9.17) is 4.74 Å². The van der Waals surface area contributed by atoms with Gasteiger partial charge in [-0.2, -0.15) is 0 Å². The molecular weight excluding hydrogens is 254 g/mol. The molecule has 2 aromatic rings. The Balaban J connectivity index is 2.02. The third kappa shape index (κ3) is 3.38. The van der Waals surface area contributed by atoms with E-state index in [2.05, 4.69) is 4.98 Å².